The number of carbonyl (C=O) groups is 3. The van der Waals surface area contributed by atoms with Crippen molar-refractivity contribution in [3.05, 3.63) is 35.9 Å². The number of likely N-dealkylation sites (tertiary alicyclic amines) is 1. The van der Waals surface area contributed by atoms with E-state index in [0.717, 1.165) is 44.5 Å². The SMILES string of the molecule is CCCNC(=O)[C@@H]1[C@@H]2CCC3(S2)C(C(=O)NCCN2CCOCC2)N([C@@H](CO)Cc2ccccc2)C(=O)[C@H]13. The molecule has 1 aromatic rings. The summed E-state index contributed by atoms with van der Waals surface area (Å²) in [5.41, 5.74) is 0.995. The van der Waals surface area contributed by atoms with Crippen molar-refractivity contribution >= 4 is 29.5 Å². The molecule has 3 amide bonds. The zero-order chi connectivity index (χ0) is 26.7. The van der Waals surface area contributed by atoms with Gasteiger partial charge in [0.05, 0.1) is 42.4 Å². The van der Waals surface area contributed by atoms with E-state index in [-0.39, 0.29) is 29.6 Å². The van der Waals surface area contributed by atoms with E-state index < -0.39 is 28.7 Å². The molecule has 208 valence electrons. The molecule has 5 rings (SSSR count). The van der Waals surface area contributed by atoms with Gasteiger partial charge in [-0.1, -0.05) is 37.3 Å². The first-order chi connectivity index (χ1) is 18.5. The first-order valence-electron chi connectivity index (χ1n) is 14.0. The summed E-state index contributed by atoms with van der Waals surface area (Å²) in [7, 11) is 0. The second-order valence-corrected chi connectivity index (χ2v) is 12.5. The number of ether oxygens (including phenoxy) is 1. The molecule has 38 heavy (non-hydrogen) atoms. The Kier molecular flexibility index (Phi) is 8.62. The van der Waals surface area contributed by atoms with Gasteiger partial charge in [-0.05, 0) is 31.2 Å². The fourth-order valence-electron chi connectivity index (χ4n) is 6.85. The van der Waals surface area contributed by atoms with Gasteiger partial charge in [0.2, 0.25) is 17.7 Å². The van der Waals surface area contributed by atoms with E-state index in [1.165, 1.54) is 0 Å². The van der Waals surface area contributed by atoms with E-state index in [9.17, 15) is 19.5 Å². The molecule has 2 unspecified atom stereocenters. The Morgan fingerprint density at radius 2 is 1.89 bits per heavy atom. The van der Waals surface area contributed by atoms with Crippen LogP contribution in [0.4, 0.5) is 0 Å². The second kappa shape index (κ2) is 11.9. The molecule has 1 aromatic carbocycles. The third-order valence-electron chi connectivity index (χ3n) is 8.59. The standard InChI is InChI=1S/C28H40N4O5S/c1-2-10-29-25(34)22-21-8-9-28(38-21)23(22)27(36)32(20(18-33)17-19-6-4-3-5-7-19)24(28)26(35)30-11-12-31-13-15-37-16-14-31/h3-7,20-24,33H,2,8-18H2,1H3,(H,29,34)(H,30,35)/t20-,21+,22-,23+,24?,28?/m1/s1. The predicted octanol–water partition coefficient (Wildman–Crippen LogP) is 0.656. The fraction of sp³-hybridized carbons (Fsp3) is 0.679. The van der Waals surface area contributed by atoms with Crippen LogP contribution in [-0.2, 0) is 25.5 Å². The molecule has 0 radical (unpaired) electrons. The summed E-state index contributed by atoms with van der Waals surface area (Å²) in [4.78, 5) is 45.3. The highest BCUT2D eigenvalue weighted by molar-refractivity contribution is 8.02. The number of aliphatic hydroxyl groups excluding tert-OH is 1. The lowest BCUT2D eigenvalue weighted by molar-refractivity contribution is -0.142. The number of fused-ring (bicyclic) bond motifs is 1. The highest BCUT2D eigenvalue weighted by Gasteiger charge is 2.74. The van der Waals surface area contributed by atoms with Crippen molar-refractivity contribution in [1.82, 2.24) is 20.4 Å². The number of hydrogen-bond donors (Lipinski definition) is 3. The van der Waals surface area contributed by atoms with Gasteiger partial charge in [-0.25, -0.2) is 0 Å². The summed E-state index contributed by atoms with van der Waals surface area (Å²) in [6, 6.07) is 8.49. The predicted molar refractivity (Wildman–Crippen MR) is 146 cm³/mol. The van der Waals surface area contributed by atoms with Gasteiger partial charge in [0.15, 0.2) is 0 Å². The number of nitrogens with one attached hydrogen (secondary N) is 2. The van der Waals surface area contributed by atoms with Crippen molar-refractivity contribution in [2.45, 2.75) is 54.7 Å². The van der Waals surface area contributed by atoms with Gasteiger partial charge >= 0.3 is 0 Å². The van der Waals surface area contributed by atoms with Gasteiger partial charge in [-0.15, -0.1) is 11.8 Å². The summed E-state index contributed by atoms with van der Waals surface area (Å²) < 4.78 is 4.77. The topological polar surface area (TPSA) is 111 Å². The molecule has 4 saturated heterocycles. The van der Waals surface area contributed by atoms with Crippen LogP contribution in [0, 0.1) is 11.8 Å². The molecule has 4 aliphatic rings. The third kappa shape index (κ3) is 5.08. The number of amides is 3. The van der Waals surface area contributed by atoms with E-state index in [1.54, 1.807) is 16.7 Å². The van der Waals surface area contributed by atoms with Crippen LogP contribution in [0.2, 0.25) is 0 Å². The molecule has 4 fully saturated rings. The summed E-state index contributed by atoms with van der Waals surface area (Å²) in [5.74, 6) is -1.43. The zero-order valence-electron chi connectivity index (χ0n) is 22.1. The van der Waals surface area contributed by atoms with E-state index in [4.69, 9.17) is 4.74 Å². The molecule has 4 heterocycles. The number of morpholine rings is 1. The number of nitrogens with zero attached hydrogens (tertiary/aromatic N) is 2. The Hall–Kier alpha value is -2.14. The van der Waals surface area contributed by atoms with Crippen LogP contribution in [-0.4, -0.2) is 107 Å². The smallest absolute Gasteiger partial charge is 0.244 e. The minimum Gasteiger partial charge on any atom is -0.394 e. The van der Waals surface area contributed by atoms with E-state index in [2.05, 4.69) is 15.5 Å². The van der Waals surface area contributed by atoms with Gasteiger partial charge < -0.3 is 25.4 Å². The number of rotatable bonds is 11. The lowest BCUT2D eigenvalue weighted by Crippen LogP contribution is -2.57. The molecule has 0 aromatic heterocycles. The number of carbonyl (C=O) groups excluding carboxylic acids is 3. The van der Waals surface area contributed by atoms with Gasteiger partial charge in [-0.2, -0.15) is 0 Å². The van der Waals surface area contributed by atoms with E-state index in [1.807, 2.05) is 37.3 Å². The molecular formula is C28H40N4O5S. The average Bonchev–Trinajstić information content (AvgIpc) is 3.59. The monoisotopic (exact) mass is 544 g/mol. The first kappa shape index (κ1) is 27.4. The van der Waals surface area contributed by atoms with E-state index >= 15 is 0 Å². The Labute approximate surface area is 229 Å². The van der Waals surface area contributed by atoms with Crippen molar-refractivity contribution in [3.63, 3.8) is 0 Å². The van der Waals surface area contributed by atoms with Crippen LogP contribution < -0.4 is 10.6 Å². The highest BCUT2D eigenvalue weighted by atomic mass is 32.2. The molecule has 4 aliphatic heterocycles. The molecule has 6 atom stereocenters. The molecule has 9 nitrogen and oxygen atoms in total. The summed E-state index contributed by atoms with van der Waals surface area (Å²) in [6.45, 7) is 6.60. The number of thioether (sulfide) groups is 1. The number of aliphatic hydroxyl groups is 1. The van der Waals surface area contributed by atoms with Crippen LogP contribution in [0.5, 0.6) is 0 Å². The van der Waals surface area contributed by atoms with Gasteiger partial charge in [-0.3, -0.25) is 19.3 Å². The maximum atomic E-state index is 14.2. The first-order valence-corrected chi connectivity index (χ1v) is 14.9. The Bertz CT molecular complexity index is 1010. The van der Waals surface area contributed by atoms with Gasteiger partial charge in [0.25, 0.3) is 0 Å². The molecule has 0 saturated carbocycles. The Balaban J connectivity index is 1.41. The third-order valence-corrected chi connectivity index (χ3v) is 10.5. The average molecular weight is 545 g/mol. The van der Waals surface area contributed by atoms with Crippen molar-refractivity contribution in [2.24, 2.45) is 11.8 Å². The maximum Gasteiger partial charge on any atom is 0.244 e. The van der Waals surface area contributed by atoms with Gasteiger partial charge in [0.1, 0.15) is 6.04 Å². The van der Waals surface area contributed by atoms with Crippen LogP contribution in [0.3, 0.4) is 0 Å². The number of hydrogen-bond acceptors (Lipinski definition) is 7. The van der Waals surface area contributed by atoms with Crippen LogP contribution in [0.15, 0.2) is 30.3 Å². The van der Waals surface area contributed by atoms with Crippen molar-refractivity contribution in [2.75, 3.05) is 52.5 Å². The van der Waals surface area contributed by atoms with Crippen molar-refractivity contribution in [3.8, 4) is 0 Å². The van der Waals surface area contributed by atoms with E-state index in [0.29, 0.717) is 32.7 Å². The quantitative estimate of drug-likeness (QED) is 0.375. The van der Waals surface area contributed by atoms with Crippen LogP contribution in [0.1, 0.15) is 31.7 Å². The van der Waals surface area contributed by atoms with Crippen molar-refractivity contribution < 1.29 is 24.2 Å². The second-order valence-electron chi connectivity index (χ2n) is 10.9. The minimum absolute atomic E-state index is 0.0355. The van der Waals surface area contributed by atoms with Crippen LogP contribution >= 0.6 is 11.8 Å². The molecule has 10 heteroatoms. The summed E-state index contributed by atoms with van der Waals surface area (Å²) in [5, 5.41) is 16.7. The van der Waals surface area contributed by atoms with Gasteiger partial charge in [0, 0.05) is 38.0 Å². The zero-order valence-corrected chi connectivity index (χ0v) is 23.0. The number of benzene rings is 1. The minimum atomic E-state index is -0.718. The summed E-state index contributed by atoms with van der Waals surface area (Å²) >= 11 is 1.67. The lowest BCUT2D eigenvalue weighted by atomic mass is 9.70. The maximum absolute atomic E-state index is 14.2. The normalized spacial score (nSPS) is 31.3. The molecule has 3 N–H and O–H groups in total. The Morgan fingerprint density at radius 1 is 1.16 bits per heavy atom. The highest BCUT2D eigenvalue weighted by Crippen LogP contribution is 2.66. The Morgan fingerprint density at radius 3 is 2.61 bits per heavy atom. The fourth-order valence-corrected chi connectivity index (χ4v) is 9.05. The molecule has 2 bridgehead atoms. The summed E-state index contributed by atoms with van der Waals surface area (Å²) in [6.07, 6.45) is 2.80. The molecule has 0 aliphatic carbocycles. The van der Waals surface area contributed by atoms with Crippen molar-refractivity contribution in [1.29, 1.82) is 0 Å². The van der Waals surface area contributed by atoms with Crippen LogP contribution in [0.25, 0.3) is 0 Å². The molecule has 1 spiro atoms. The largest absolute Gasteiger partial charge is 0.394 e. The lowest BCUT2D eigenvalue weighted by Gasteiger charge is -2.37. The molecular weight excluding hydrogens is 504 g/mol.